The molecular formula is C14H18O2S. The van der Waals surface area contributed by atoms with E-state index in [0.29, 0.717) is 11.5 Å². The Bertz CT molecular complexity index is 500. The van der Waals surface area contributed by atoms with Crippen LogP contribution in [0.25, 0.3) is 10.1 Å². The van der Waals surface area contributed by atoms with Gasteiger partial charge in [-0.1, -0.05) is 31.5 Å². The second-order valence-electron chi connectivity index (χ2n) is 3.37. The van der Waals surface area contributed by atoms with Gasteiger partial charge in [-0.25, -0.2) is 4.79 Å². The number of esters is 1. The van der Waals surface area contributed by atoms with Crippen LogP contribution >= 0.6 is 11.3 Å². The molecule has 1 aromatic heterocycles. The Balaban J connectivity index is 0.000000686. The Morgan fingerprint density at radius 2 is 2.00 bits per heavy atom. The monoisotopic (exact) mass is 250 g/mol. The van der Waals surface area contributed by atoms with E-state index in [9.17, 15) is 4.79 Å². The number of benzene rings is 1. The average Bonchev–Trinajstić information content (AvgIpc) is 2.75. The standard InChI is InChI=1S/C12H12O2S.C2H6/c1-3-14-12(13)11-7-9-6-8(2)4-5-10(9)15-11;1-2/h4-7H,3H2,1-2H3;1-2H3. The lowest BCUT2D eigenvalue weighted by Crippen LogP contribution is -2.01. The molecule has 3 heteroatoms. The van der Waals surface area contributed by atoms with Gasteiger partial charge in [0, 0.05) is 4.70 Å². The van der Waals surface area contributed by atoms with Crippen LogP contribution in [-0.2, 0) is 4.74 Å². The highest BCUT2D eigenvalue weighted by Gasteiger charge is 2.10. The summed E-state index contributed by atoms with van der Waals surface area (Å²) in [6.45, 7) is 8.28. The molecule has 0 radical (unpaired) electrons. The first-order valence-electron chi connectivity index (χ1n) is 5.88. The number of thiophene rings is 1. The van der Waals surface area contributed by atoms with E-state index >= 15 is 0 Å². The van der Waals surface area contributed by atoms with E-state index in [0.717, 1.165) is 10.1 Å². The summed E-state index contributed by atoms with van der Waals surface area (Å²) in [5.41, 5.74) is 1.20. The quantitative estimate of drug-likeness (QED) is 0.738. The third-order valence-electron chi connectivity index (χ3n) is 2.15. The molecule has 0 aliphatic heterocycles. The van der Waals surface area contributed by atoms with Crippen molar-refractivity contribution in [2.45, 2.75) is 27.7 Å². The summed E-state index contributed by atoms with van der Waals surface area (Å²) in [5, 5.41) is 1.11. The van der Waals surface area contributed by atoms with Gasteiger partial charge in [0.15, 0.2) is 0 Å². The number of ether oxygens (including phenoxy) is 1. The van der Waals surface area contributed by atoms with Crippen molar-refractivity contribution in [3.63, 3.8) is 0 Å². The minimum Gasteiger partial charge on any atom is -0.462 e. The predicted molar refractivity (Wildman–Crippen MR) is 73.9 cm³/mol. The lowest BCUT2D eigenvalue weighted by molar-refractivity contribution is 0.0532. The van der Waals surface area contributed by atoms with Gasteiger partial charge in [-0.2, -0.15) is 0 Å². The molecule has 0 spiro atoms. The van der Waals surface area contributed by atoms with E-state index < -0.39 is 0 Å². The molecule has 0 bridgehead atoms. The van der Waals surface area contributed by atoms with Crippen molar-refractivity contribution in [2.24, 2.45) is 0 Å². The first-order valence-corrected chi connectivity index (χ1v) is 6.69. The van der Waals surface area contributed by atoms with Crippen molar-refractivity contribution >= 4 is 27.4 Å². The molecule has 0 atom stereocenters. The summed E-state index contributed by atoms with van der Waals surface area (Å²) in [6, 6.07) is 8.06. The third-order valence-corrected chi connectivity index (χ3v) is 3.24. The van der Waals surface area contributed by atoms with Crippen molar-refractivity contribution in [3.8, 4) is 0 Å². The fraction of sp³-hybridized carbons (Fsp3) is 0.357. The minimum atomic E-state index is -0.226. The smallest absolute Gasteiger partial charge is 0.348 e. The molecule has 0 saturated heterocycles. The number of carbonyl (C=O) groups is 1. The van der Waals surface area contributed by atoms with Crippen molar-refractivity contribution in [3.05, 3.63) is 34.7 Å². The van der Waals surface area contributed by atoms with Crippen LogP contribution in [-0.4, -0.2) is 12.6 Å². The highest BCUT2D eigenvalue weighted by Crippen LogP contribution is 2.26. The van der Waals surface area contributed by atoms with Crippen LogP contribution in [0.2, 0.25) is 0 Å². The van der Waals surface area contributed by atoms with Gasteiger partial charge in [0.05, 0.1) is 6.61 Å². The van der Waals surface area contributed by atoms with Gasteiger partial charge < -0.3 is 4.74 Å². The van der Waals surface area contributed by atoms with Gasteiger partial charge >= 0.3 is 5.97 Å². The van der Waals surface area contributed by atoms with Crippen LogP contribution in [0.1, 0.15) is 36.0 Å². The molecule has 0 saturated carbocycles. The molecule has 2 aromatic rings. The summed E-state index contributed by atoms with van der Waals surface area (Å²) in [5.74, 6) is -0.226. The zero-order valence-corrected chi connectivity index (χ0v) is 11.6. The molecule has 1 aromatic carbocycles. The highest BCUT2D eigenvalue weighted by atomic mass is 32.1. The molecule has 0 amide bonds. The van der Waals surface area contributed by atoms with Gasteiger partial charge in [-0.05, 0) is 31.4 Å². The maximum absolute atomic E-state index is 11.5. The van der Waals surface area contributed by atoms with Gasteiger partial charge in [0.25, 0.3) is 0 Å². The second-order valence-corrected chi connectivity index (χ2v) is 4.46. The van der Waals surface area contributed by atoms with E-state index in [2.05, 4.69) is 6.07 Å². The van der Waals surface area contributed by atoms with Crippen LogP contribution in [0.4, 0.5) is 0 Å². The Morgan fingerprint density at radius 1 is 1.29 bits per heavy atom. The summed E-state index contributed by atoms with van der Waals surface area (Å²) >= 11 is 1.48. The fourth-order valence-electron chi connectivity index (χ4n) is 1.47. The normalized spacial score (nSPS) is 9.65. The van der Waals surface area contributed by atoms with Crippen LogP contribution in [0.3, 0.4) is 0 Å². The molecular weight excluding hydrogens is 232 g/mol. The summed E-state index contributed by atoms with van der Waals surface area (Å²) in [6.07, 6.45) is 0. The maximum atomic E-state index is 11.5. The molecule has 0 aliphatic carbocycles. The van der Waals surface area contributed by atoms with E-state index in [-0.39, 0.29) is 5.97 Å². The molecule has 2 nitrogen and oxygen atoms in total. The predicted octanol–water partition coefficient (Wildman–Crippen LogP) is 4.41. The van der Waals surface area contributed by atoms with Gasteiger partial charge in [-0.15, -0.1) is 11.3 Å². The van der Waals surface area contributed by atoms with E-state index in [1.54, 1.807) is 0 Å². The zero-order valence-electron chi connectivity index (χ0n) is 10.7. The van der Waals surface area contributed by atoms with E-state index in [1.807, 2.05) is 45.9 Å². The lowest BCUT2D eigenvalue weighted by atomic mass is 10.2. The third kappa shape index (κ3) is 3.30. The van der Waals surface area contributed by atoms with E-state index in [1.165, 1.54) is 16.9 Å². The zero-order chi connectivity index (χ0) is 12.8. The minimum absolute atomic E-state index is 0.226. The lowest BCUT2D eigenvalue weighted by Gasteiger charge is -1.95. The SMILES string of the molecule is CC.CCOC(=O)c1cc2cc(C)ccc2s1. The number of carbonyl (C=O) groups excluding carboxylic acids is 1. The van der Waals surface area contributed by atoms with Gasteiger partial charge in [-0.3, -0.25) is 0 Å². The first kappa shape index (κ1) is 13.7. The van der Waals surface area contributed by atoms with Crippen LogP contribution < -0.4 is 0 Å². The number of fused-ring (bicyclic) bond motifs is 1. The van der Waals surface area contributed by atoms with Crippen molar-refractivity contribution in [1.82, 2.24) is 0 Å². The van der Waals surface area contributed by atoms with E-state index in [4.69, 9.17) is 4.74 Å². The highest BCUT2D eigenvalue weighted by molar-refractivity contribution is 7.20. The summed E-state index contributed by atoms with van der Waals surface area (Å²) in [7, 11) is 0. The summed E-state index contributed by atoms with van der Waals surface area (Å²) < 4.78 is 6.09. The maximum Gasteiger partial charge on any atom is 0.348 e. The average molecular weight is 250 g/mol. The topological polar surface area (TPSA) is 26.3 Å². The largest absolute Gasteiger partial charge is 0.462 e. The van der Waals surface area contributed by atoms with Crippen LogP contribution in [0, 0.1) is 6.92 Å². The van der Waals surface area contributed by atoms with Crippen molar-refractivity contribution in [1.29, 1.82) is 0 Å². The first-order chi connectivity index (χ1) is 8.20. The molecule has 0 fully saturated rings. The molecule has 92 valence electrons. The van der Waals surface area contributed by atoms with Crippen molar-refractivity contribution in [2.75, 3.05) is 6.61 Å². The summed E-state index contributed by atoms with van der Waals surface area (Å²) in [4.78, 5) is 12.2. The Labute approximate surface area is 106 Å². The van der Waals surface area contributed by atoms with Gasteiger partial charge in [0.1, 0.15) is 4.88 Å². The molecule has 1 heterocycles. The van der Waals surface area contributed by atoms with Gasteiger partial charge in [0.2, 0.25) is 0 Å². The molecule has 0 N–H and O–H groups in total. The van der Waals surface area contributed by atoms with Crippen LogP contribution in [0.15, 0.2) is 24.3 Å². The number of aryl methyl sites for hydroxylation is 1. The van der Waals surface area contributed by atoms with Crippen molar-refractivity contribution < 1.29 is 9.53 Å². The van der Waals surface area contributed by atoms with Crippen LogP contribution in [0.5, 0.6) is 0 Å². The molecule has 17 heavy (non-hydrogen) atoms. The number of hydrogen-bond donors (Lipinski definition) is 0. The number of rotatable bonds is 2. The Kier molecular flexibility index (Phi) is 5.16. The molecule has 2 rings (SSSR count). The Hall–Kier alpha value is -1.35. The number of hydrogen-bond acceptors (Lipinski definition) is 3. The molecule has 0 unspecified atom stereocenters. The molecule has 0 aliphatic rings. The Morgan fingerprint density at radius 3 is 2.65 bits per heavy atom. The fourth-order valence-corrected chi connectivity index (χ4v) is 2.40. The second kappa shape index (κ2) is 6.40.